The van der Waals surface area contributed by atoms with Crippen molar-refractivity contribution in [2.45, 2.75) is 6.54 Å². The van der Waals surface area contributed by atoms with E-state index in [1.807, 2.05) is 30.3 Å². The van der Waals surface area contributed by atoms with Gasteiger partial charge in [-0.2, -0.15) is 5.26 Å². The standard InChI is InChI=1S/C19H14N4O/c20-11-14-3-1-4-16(9-14)19(24)23-12-15-6-8-22-18(10-15)17-5-2-7-21-13-17/h1-10,13H,12H2,(H,23,24). The average molecular weight is 314 g/mol. The summed E-state index contributed by atoms with van der Waals surface area (Å²) in [6.07, 6.45) is 5.17. The van der Waals surface area contributed by atoms with Crippen LogP contribution in [-0.2, 0) is 6.54 Å². The predicted octanol–water partition coefficient (Wildman–Crippen LogP) is 2.95. The Morgan fingerprint density at radius 1 is 1.12 bits per heavy atom. The summed E-state index contributed by atoms with van der Waals surface area (Å²) in [7, 11) is 0. The number of rotatable bonds is 4. The summed E-state index contributed by atoms with van der Waals surface area (Å²) in [4.78, 5) is 20.6. The minimum atomic E-state index is -0.216. The number of aromatic nitrogens is 2. The van der Waals surface area contributed by atoms with Crippen LogP contribution in [0, 0.1) is 11.3 Å². The van der Waals surface area contributed by atoms with E-state index in [9.17, 15) is 4.79 Å². The molecule has 0 fully saturated rings. The molecule has 0 radical (unpaired) electrons. The van der Waals surface area contributed by atoms with Gasteiger partial charge in [0.25, 0.3) is 5.91 Å². The highest BCUT2D eigenvalue weighted by molar-refractivity contribution is 5.94. The number of nitriles is 1. The van der Waals surface area contributed by atoms with Gasteiger partial charge in [0.2, 0.25) is 0 Å². The van der Waals surface area contributed by atoms with Crippen LogP contribution in [0.4, 0.5) is 0 Å². The van der Waals surface area contributed by atoms with Crippen LogP contribution in [0.1, 0.15) is 21.5 Å². The van der Waals surface area contributed by atoms with Gasteiger partial charge in [0.1, 0.15) is 0 Å². The fraction of sp³-hybridized carbons (Fsp3) is 0.0526. The van der Waals surface area contributed by atoms with E-state index in [0.29, 0.717) is 17.7 Å². The summed E-state index contributed by atoms with van der Waals surface area (Å²) in [5.41, 5.74) is 3.60. The highest BCUT2D eigenvalue weighted by Gasteiger charge is 2.07. The molecule has 24 heavy (non-hydrogen) atoms. The largest absolute Gasteiger partial charge is 0.348 e. The maximum absolute atomic E-state index is 12.2. The molecule has 1 N–H and O–H groups in total. The Balaban J connectivity index is 1.71. The molecule has 0 unspecified atom stereocenters. The lowest BCUT2D eigenvalue weighted by molar-refractivity contribution is 0.0951. The fourth-order valence-electron chi connectivity index (χ4n) is 2.27. The Bertz CT molecular complexity index is 900. The Labute approximate surface area is 139 Å². The van der Waals surface area contributed by atoms with Gasteiger partial charge in [-0.3, -0.25) is 14.8 Å². The molecule has 3 rings (SSSR count). The minimum absolute atomic E-state index is 0.216. The van der Waals surface area contributed by atoms with E-state index in [2.05, 4.69) is 15.3 Å². The van der Waals surface area contributed by atoms with Crippen molar-refractivity contribution in [3.63, 3.8) is 0 Å². The molecule has 0 aliphatic carbocycles. The molecule has 0 aliphatic heterocycles. The smallest absolute Gasteiger partial charge is 0.251 e. The third-order valence-corrected chi connectivity index (χ3v) is 3.49. The van der Waals surface area contributed by atoms with Gasteiger partial charge in [-0.05, 0) is 48.0 Å². The number of pyridine rings is 2. The molecule has 2 aromatic heterocycles. The number of carbonyl (C=O) groups is 1. The Morgan fingerprint density at radius 2 is 2.04 bits per heavy atom. The van der Waals surface area contributed by atoms with Gasteiger partial charge in [-0.25, -0.2) is 0 Å². The van der Waals surface area contributed by atoms with E-state index in [1.165, 1.54) is 0 Å². The number of carbonyl (C=O) groups excluding carboxylic acids is 1. The molecular formula is C19H14N4O. The Hall–Kier alpha value is -3.52. The molecule has 5 heteroatoms. The van der Waals surface area contributed by atoms with Crippen LogP contribution in [0.15, 0.2) is 67.1 Å². The Morgan fingerprint density at radius 3 is 2.83 bits per heavy atom. The molecule has 0 atom stereocenters. The van der Waals surface area contributed by atoms with Gasteiger partial charge >= 0.3 is 0 Å². The Kier molecular flexibility index (Phi) is 4.59. The quantitative estimate of drug-likeness (QED) is 0.803. The van der Waals surface area contributed by atoms with Crippen LogP contribution in [0.3, 0.4) is 0 Å². The SMILES string of the molecule is N#Cc1cccc(C(=O)NCc2ccnc(-c3cccnc3)c2)c1. The number of hydrogen-bond donors (Lipinski definition) is 1. The molecular weight excluding hydrogens is 300 g/mol. The number of nitrogens with zero attached hydrogens (tertiary/aromatic N) is 3. The normalized spacial score (nSPS) is 9.96. The summed E-state index contributed by atoms with van der Waals surface area (Å²) in [6.45, 7) is 0.380. The molecule has 0 aliphatic rings. The van der Waals surface area contributed by atoms with Crippen LogP contribution in [0.2, 0.25) is 0 Å². The molecule has 0 saturated heterocycles. The van der Waals surface area contributed by atoms with Crippen molar-refractivity contribution in [1.82, 2.24) is 15.3 Å². The van der Waals surface area contributed by atoms with Gasteiger partial charge in [0.15, 0.2) is 0 Å². The lowest BCUT2D eigenvalue weighted by Gasteiger charge is -2.07. The van der Waals surface area contributed by atoms with Crippen molar-refractivity contribution >= 4 is 5.91 Å². The van der Waals surface area contributed by atoms with Gasteiger partial charge in [0, 0.05) is 36.3 Å². The second-order valence-electron chi connectivity index (χ2n) is 5.17. The monoisotopic (exact) mass is 314 g/mol. The molecule has 1 amide bonds. The maximum Gasteiger partial charge on any atom is 0.251 e. The van der Waals surface area contributed by atoms with E-state index >= 15 is 0 Å². The van der Waals surface area contributed by atoms with E-state index < -0.39 is 0 Å². The molecule has 2 heterocycles. The van der Waals surface area contributed by atoms with Crippen molar-refractivity contribution < 1.29 is 4.79 Å². The summed E-state index contributed by atoms with van der Waals surface area (Å²) >= 11 is 0. The lowest BCUT2D eigenvalue weighted by atomic mass is 10.1. The molecule has 3 aromatic rings. The summed E-state index contributed by atoms with van der Waals surface area (Å²) in [6, 6.07) is 16.2. The van der Waals surface area contributed by atoms with Crippen molar-refractivity contribution in [2.24, 2.45) is 0 Å². The lowest BCUT2D eigenvalue weighted by Crippen LogP contribution is -2.22. The molecule has 116 valence electrons. The van der Waals surface area contributed by atoms with Crippen LogP contribution in [0.25, 0.3) is 11.3 Å². The third-order valence-electron chi connectivity index (χ3n) is 3.49. The van der Waals surface area contributed by atoms with E-state index in [-0.39, 0.29) is 5.91 Å². The molecule has 0 saturated carbocycles. The second kappa shape index (κ2) is 7.16. The van der Waals surface area contributed by atoms with E-state index in [1.54, 1.807) is 42.9 Å². The number of amides is 1. The molecule has 0 spiro atoms. The predicted molar refractivity (Wildman–Crippen MR) is 89.8 cm³/mol. The van der Waals surface area contributed by atoms with Crippen molar-refractivity contribution in [1.29, 1.82) is 5.26 Å². The summed E-state index contributed by atoms with van der Waals surface area (Å²) in [5.74, 6) is -0.216. The first-order valence-corrected chi connectivity index (χ1v) is 7.40. The zero-order chi connectivity index (χ0) is 16.8. The highest BCUT2D eigenvalue weighted by atomic mass is 16.1. The number of hydrogen-bond acceptors (Lipinski definition) is 4. The zero-order valence-corrected chi connectivity index (χ0v) is 12.8. The van der Waals surface area contributed by atoms with Gasteiger partial charge in [-0.15, -0.1) is 0 Å². The zero-order valence-electron chi connectivity index (χ0n) is 12.8. The van der Waals surface area contributed by atoms with Crippen molar-refractivity contribution in [3.05, 3.63) is 83.8 Å². The summed E-state index contributed by atoms with van der Waals surface area (Å²) in [5, 5.41) is 11.8. The highest BCUT2D eigenvalue weighted by Crippen LogP contribution is 2.16. The van der Waals surface area contributed by atoms with Crippen LogP contribution in [-0.4, -0.2) is 15.9 Å². The first-order chi connectivity index (χ1) is 11.8. The van der Waals surface area contributed by atoms with Gasteiger partial charge in [-0.1, -0.05) is 6.07 Å². The minimum Gasteiger partial charge on any atom is -0.348 e. The van der Waals surface area contributed by atoms with Crippen LogP contribution < -0.4 is 5.32 Å². The fourth-order valence-corrected chi connectivity index (χ4v) is 2.27. The van der Waals surface area contributed by atoms with E-state index in [0.717, 1.165) is 16.8 Å². The van der Waals surface area contributed by atoms with Crippen LogP contribution in [0.5, 0.6) is 0 Å². The maximum atomic E-state index is 12.2. The van der Waals surface area contributed by atoms with Crippen molar-refractivity contribution in [3.8, 4) is 17.3 Å². The summed E-state index contributed by atoms with van der Waals surface area (Å²) < 4.78 is 0. The van der Waals surface area contributed by atoms with Gasteiger partial charge in [0.05, 0.1) is 17.3 Å². The van der Waals surface area contributed by atoms with E-state index in [4.69, 9.17) is 5.26 Å². The molecule has 1 aromatic carbocycles. The average Bonchev–Trinajstić information content (AvgIpc) is 2.67. The first-order valence-electron chi connectivity index (χ1n) is 7.40. The third kappa shape index (κ3) is 3.62. The van der Waals surface area contributed by atoms with Crippen molar-refractivity contribution in [2.75, 3.05) is 0 Å². The topological polar surface area (TPSA) is 78.7 Å². The van der Waals surface area contributed by atoms with Crippen LogP contribution >= 0.6 is 0 Å². The number of benzene rings is 1. The molecule has 5 nitrogen and oxygen atoms in total. The first kappa shape index (κ1) is 15.4. The number of nitrogens with one attached hydrogen (secondary N) is 1. The van der Waals surface area contributed by atoms with Gasteiger partial charge < -0.3 is 5.32 Å². The second-order valence-corrected chi connectivity index (χ2v) is 5.17. The molecule has 0 bridgehead atoms.